The molecule has 0 radical (unpaired) electrons. The summed E-state index contributed by atoms with van der Waals surface area (Å²) >= 11 is 5.03. The van der Waals surface area contributed by atoms with Gasteiger partial charge in [-0.05, 0) is 52.9 Å². The SMILES string of the molecule is CC(C)(CCN)CCc1nc(-c2ccc(Br)s2)no1. The monoisotopic (exact) mass is 343 g/mol. The van der Waals surface area contributed by atoms with Gasteiger partial charge in [0.1, 0.15) is 0 Å². The second kappa shape index (κ2) is 6.15. The third kappa shape index (κ3) is 4.12. The van der Waals surface area contributed by atoms with Crippen molar-refractivity contribution in [2.24, 2.45) is 11.1 Å². The van der Waals surface area contributed by atoms with Crippen LogP contribution in [0, 0.1) is 5.41 Å². The first-order valence-corrected chi connectivity index (χ1v) is 7.89. The summed E-state index contributed by atoms with van der Waals surface area (Å²) in [5.41, 5.74) is 5.83. The van der Waals surface area contributed by atoms with Crippen molar-refractivity contribution in [2.45, 2.75) is 33.1 Å². The van der Waals surface area contributed by atoms with Crippen molar-refractivity contribution in [1.82, 2.24) is 10.1 Å². The number of hydrogen-bond acceptors (Lipinski definition) is 5. The summed E-state index contributed by atoms with van der Waals surface area (Å²) in [5.74, 6) is 1.37. The molecule has 0 unspecified atom stereocenters. The third-order valence-corrected chi connectivity index (χ3v) is 4.72. The fraction of sp³-hybridized carbons (Fsp3) is 0.538. The topological polar surface area (TPSA) is 64.9 Å². The van der Waals surface area contributed by atoms with E-state index in [4.69, 9.17) is 10.3 Å². The van der Waals surface area contributed by atoms with Gasteiger partial charge in [0, 0.05) is 6.42 Å². The summed E-state index contributed by atoms with van der Waals surface area (Å²) in [4.78, 5) is 5.45. The Morgan fingerprint density at radius 3 is 2.79 bits per heavy atom. The number of halogens is 1. The largest absolute Gasteiger partial charge is 0.339 e. The van der Waals surface area contributed by atoms with Gasteiger partial charge < -0.3 is 10.3 Å². The van der Waals surface area contributed by atoms with Crippen LogP contribution in [0.4, 0.5) is 0 Å². The Morgan fingerprint density at radius 1 is 1.37 bits per heavy atom. The number of aryl methyl sites for hydroxylation is 1. The molecule has 0 aliphatic rings. The fourth-order valence-electron chi connectivity index (χ4n) is 1.85. The molecule has 2 aromatic heterocycles. The fourth-order valence-corrected chi connectivity index (χ4v) is 3.16. The Balaban J connectivity index is 1.98. The minimum absolute atomic E-state index is 0.218. The van der Waals surface area contributed by atoms with Crippen LogP contribution in [-0.4, -0.2) is 16.7 Å². The lowest BCUT2D eigenvalue weighted by Gasteiger charge is -2.22. The summed E-state index contributed by atoms with van der Waals surface area (Å²) < 4.78 is 6.37. The van der Waals surface area contributed by atoms with Crippen LogP contribution >= 0.6 is 27.3 Å². The molecule has 2 aromatic rings. The van der Waals surface area contributed by atoms with Gasteiger partial charge >= 0.3 is 0 Å². The lowest BCUT2D eigenvalue weighted by Crippen LogP contribution is -2.17. The van der Waals surface area contributed by atoms with Crippen molar-refractivity contribution in [2.75, 3.05) is 6.54 Å². The van der Waals surface area contributed by atoms with E-state index in [0.29, 0.717) is 18.3 Å². The Labute approximate surface area is 125 Å². The molecule has 6 heteroatoms. The molecule has 19 heavy (non-hydrogen) atoms. The molecule has 0 spiro atoms. The summed E-state index contributed by atoms with van der Waals surface area (Å²) in [5, 5.41) is 4.03. The van der Waals surface area contributed by atoms with E-state index in [0.717, 1.165) is 27.9 Å². The number of aromatic nitrogens is 2. The summed E-state index contributed by atoms with van der Waals surface area (Å²) in [6, 6.07) is 3.97. The molecule has 0 amide bonds. The van der Waals surface area contributed by atoms with Crippen molar-refractivity contribution < 1.29 is 4.52 Å². The molecule has 0 saturated heterocycles. The van der Waals surface area contributed by atoms with Crippen LogP contribution in [0.1, 0.15) is 32.6 Å². The molecule has 2 rings (SSSR count). The van der Waals surface area contributed by atoms with Crippen molar-refractivity contribution in [1.29, 1.82) is 0 Å². The van der Waals surface area contributed by atoms with Gasteiger partial charge in [0.15, 0.2) is 0 Å². The Hall–Kier alpha value is -0.720. The van der Waals surface area contributed by atoms with E-state index in [1.807, 2.05) is 12.1 Å². The molecule has 0 aliphatic carbocycles. The van der Waals surface area contributed by atoms with Crippen molar-refractivity contribution in [3.63, 3.8) is 0 Å². The lowest BCUT2D eigenvalue weighted by atomic mass is 9.84. The zero-order chi connectivity index (χ0) is 13.9. The second-order valence-corrected chi connectivity index (χ2v) is 7.78. The molecule has 0 aromatic carbocycles. The highest BCUT2D eigenvalue weighted by Crippen LogP contribution is 2.30. The van der Waals surface area contributed by atoms with E-state index in [-0.39, 0.29) is 5.41 Å². The van der Waals surface area contributed by atoms with E-state index in [9.17, 15) is 0 Å². The highest BCUT2D eigenvalue weighted by Gasteiger charge is 2.19. The smallest absolute Gasteiger partial charge is 0.227 e. The molecule has 0 atom stereocenters. The number of rotatable bonds is 6. The first-order chi connectivity index (χ1) is 9.00. The number of thiophene rings is 1. The van der Waals surface area contributed by atoms with Crippen LogP contribution in [0.2, 0.25) is 0 Å². The van der Waals surface area contributed by atoms with Gasteiger partial charge in [-0.25, -0.2) is 0 Å². The zero-order valence-electron chi connectivity index (χ0n) is 11.1. The maximum Gasteiger partial charge on any atom is 0.227 e. The summed E-state index contributed by atoms with van der Waals surface area (Å²) in [6.45, 7) is 5.15. The molecular formula is C13H18BrN3OS. The lowest BCUT2D eigenvalue weighted by molar-refractivity contribution is 0.289. The van der Waals surface area contributed by atoms with E-state index < -0.39 is 0 Å². The maximum atomic E-state index is 5.61. The highest BCUT2D eigenvalue weighted by atomic mass is 79.9. The third-order valence-electron chi connectivity index (χ3n) is 3.10. The van der Waals surface area contributed by atoms with Crippen molar-refractivity contribution in [3.8, 4) is 10.7 Å². The maximum absolute atomic E-state index is 5.61. The molecule has 0 aliphatic heterocycles. The van der Waals surface area contributed by atoms with E-state index in [2.05, 4.69) is 39.9 Å². The van der Waals surface area contributed by atoms with Crippen molar-refractivity contribution in [3.05, 3.63) is 21.8 Å². The van der Waals surface area contributed by atoms with Crippen LogP contribution < -0.4 is 5.73 Å². The quantitative estimate of drug-likeness (QED) is 0.864. The van der Waals surface area contributed by atoms with Gasteiger partial charge in [0.2, 0.25) is 11.7 Å². The molecule has 2 heterocycles. The van der Waals surface area contributed by atoms with Gasteiger partial charge in [-0.15, -0.1) is 11.3 Å². The van der Waals surface area contributed by atoms with Crippen molar-refractivity contribution >= 4 is 27.3 Å². The van der Waals surface area contributed by atoms with E-state index >= 15 is 0 Å². The summed E-state index contributed by atoms with van der Waals surface area (Å²) in [7, 11) is 0. The molecule has 104 valence electrons. The van der Waals surface area contributed by atoms with Gasteiger partial charge in [-0.2, -0.15) is 4.98 Å². The first-order valence-electron chi connectivity index (χ1n) is 6.28. The average molecular weight is 344 g/mol. The average Bonchev–Trinajstić information content (AvgIpc) is 2.95. The van der Waals surface area contributed by atoms with Gasteiger partial charge in [0.05, 0.1) is 8.66 Å². The Kier molecular flexibility index (Phi) is 4.76. The predicted molar refractivity (Wildman–Crippen MR) is 81.1 cm³/mol. The molecule has 2 N–H and O–H groups in total. The van der Waals surface area contributed by atoms with E-state index in [1.54, 1.807) is 11.3 Å². The molecule has 0 bridgehead atoms. The van der Waals surface area contributed by atoms with Gasteiger partial charge in [0.25, 0.3) is 0 Å². The number of nitrogens with zero attached hydrogens (tertiary/aromatic N) is 2. The second-order valence-electron chi connectivity index (χ2n) is 5.32. The van der Waals surface area contributed by atoms with Gasteiger partial charge in [-0.3, -0.25) is 0 Å². The normalized spacial score (nSPS) is 12.0. The van der Waals surface area contributed by atoms with Crippen LogP contribution in [-0.2, 0) is 6.42 Å². The van der Waals surface area contributed by atoms with Crippen LogP contribution in [0.3, 0.4) is 0 Å². The molecule has 0 saturated carbocycles. The molecule has 4 nitrogen and oxygen atoms in total. The highest BCUT2D eigenvalue weighted by molar-refractivity contribution is 9.11. The minimum Gasteiger partial charge on any atom is -0.339 e. The Bertz CT molecular complexity index is 535. The van der Waals surface area contributed by atoms with Crippen LogP contribution in [0.25, 0.3) is 10.7 Å². The number of nitrogens with two attached hydrogens (primary N) is 1. The summed E-state index contributed by atoms with van der Waals surface area (Å²) in [6.07, 6.45) is 2.80. The molecular weight excluding hydrogens is 326 g/mol. The first kappa shape index (κ1) is 14.7. The van der Waals surface area contributed by atoms with Crippen LogP contribution in [0.5, 0.6) is 0 Å². The standard InChI is InChI=1S/C13H18BrN3OS/c1-13(2,7-8-15)6-5-11-16-12(17-18-11)9-3-4-10(14)19-9/h3-4H,5-8,15H2,1-2H3. The van der Waals surface area contributed by atoms with E-state index in [1.165, 1.54) is 0 Å². The minimum atomic E-state index is 0.218. The molecule has 0 fully saturated rings. The predicted octanol–water partition coefficient (Wildman–Crippen LogP) is 3.87. The zero-order valence-corrected chi connectivity index (χ0v) is 13.6. The Morgan fingerprint density at radius 2 is 2.16 bits per heavy atom. The number of hydrogen-bond donors (Lipinski definition) is 1. The van der Waals surface area contributed by atoms with Gasteiger partial charge in [-0.1, -0.05) is 19.0 Å². The van der Waals surface area contributed by atoms with Crippen LogP contribution in [0.15, 0.2) is 20.4 Å².